The highest BCUT2D eigenvalue weighted by atomic mass is 35.5. The van der Waals surface area contributed by atoms with Gasteiger partial charge in [0.1, 0.15) is 0 Å². The van der Waals surface area contributed by atoms with Crippen LogP contribution >= 0.6 is 11.6 Å². The highest BCUT2D eigenvalue weighted by molar-refractivity contribution is 6.34. The van der Waals surface area contributed by atoms with E-state index >= 15 is 0 Å². The van der Waals surface area contributed by atoms with Gasteiger partial charge in [-0.25, -0.2) is 4.68 Å². The van der Waals surface area contributed by atoms with Crippen LogP contribution in [0.5, 0.6) is 0 Å². The van der Waals surface area contributed by atoms with Crippen molar-refractivity contribution in [3.63, 3.8) is 0 Å². The lowest BCUT2D eigenvalue weighted by atomic mass is 9.88. The molecule has 0 saturated carbocycles. The molecular formula is C25H20ClN5O2. The Balaban J connectivity index is 1.61. The van der Waals surface area contributed by atoms with E-state index in [9.17, 15) is 9.59 Å². The second-order valence-electron chi connectivity index (χ2n) is 7.85. The summed E-state index contributed by atoms with van der Waals surface area (Å²) in [5.74, 6) is -0.881. The molecule has 1 aromatic heterocycles. The number of amides is 2. The zero-order valence-electron chi connectivity index (χ0n) is 17.5. The zero-order valence-corrected chi connectivity index (χ0v) is 18.3. The van der Waals surface area contributed by atoms with Gasteiger partial charge < -0.3 is 16.8 Å². The van der Waals surface area contributed by atoms with Crippen molar-refractivity contribution >= 4 is 34.8 Å². The normalized spacial score (nSPS) is 12.0. The topological polar surface area (TPSA) is 116 Å². The Bertz CT molecular complexity index is 1410. The number of carbonyl (C=O) groups excluding carboxylic acids is 2. The quantitative estimate of drug-likeness (QED) is 0.398. The van der Waals surface area contributed by atoms with Gasteiger partial charge in [0.2, 0.25) is 0 Å². The van der Waals surface area contributed by atoms with Crippen molar-refractivity contribution in [3.05, 3.63) is 94.1 Å². The molecule has 33 heavy (non-hydrogen) atoms. The van der Waals surface area contributed by atoms with Crippen LogP contribution in [0, 0.1) is 0 Å². The first-order chi connectivity index (χ1) is 15.9. The van der Waals surface area contributed by atoms with Crippen molar-refractivity contribution < 1.29 is 9.59 Å². The molecule has 0 unspecified atom stereocenters. The zero-order chi connectivity index (χ0) is 23.1. The van der Waals surface area contributed by atoms with Gasteiger partial charge in [0.25, 0.3) is 11.8 Å². The molecule has 1 heterocycles. The van der Waals surface area contributed by atoms with Crippen molar-refractivity contribution in [2.75, 3.05) is 11.1 Å². The number of rotatable bonds is 4. The first kappa shape index (κ1) is 20.8. The summed E-state index contributed by atoms with van der Waals surface area (Å²) in [6, 6.07) is 19.8. The molecule has 0 spiro atoms. The van der Waals surface area contributed by atoms with Crippen LogP contribution < -0.4 is 16.8 Å². The maximum atomic E-state index is 12.8. The highest BCUT2D eigenvalue weighted by Gasteiger charge is 2.28. The number of carbonyl (C=O) groups is 2. The molecule has 7 nitrogen and oxygen atoms in total. The number of primary amides is 1. The van der Waals surface area contributed by atoms with Crippen molar-refractivity contribution in [1.82, 2.24) is 9.78 Å². The Morgan fingerprint density at radius 1 is 1.00 bits per heavy atom. The van der Waals surface area contributed by atoms with Crippen LogP contribution in [0.25, 0.3) is 16.9 Å². The molecule has 1 aliphatic carbocycles. The van der Waals surface area contributed by atoms with Gasteiger partial charge >= 0.3 is 0 Å². The number of anilines is 2. The average molecular weight is 458 g/mol. The molecule has 0 bridgehead atoms. The summed E-state index contributed by atoms with van der Waals surface area (Å²) < 4.78 is 1.71. The first-order valence-electron chi connectivity index (χ1n) is 10.4. The molecule has 0 radical (unpaired) electrons. The minimum absolute atomic E-state index is 0.248. The first-order valence-corrected chi connectivity index (χ1v) is 10.8. The van der Waals surface area contributed by atoms with Gasteiger partial charge in [-0.15, -0.1) is 0 Å². The molecule has 2 amide bonds. The van der Waals surface area contributed by atoms with Crippen molar-refractivity contribution in [2.24, 2.45) is 5.73 Å². The number of halogens is 1. The van der Waals surface area contributed by atoms with E-state index in [1.807, 2.05) is 30.3 Å². The number of nitrogens with zero attached hydrogens (tertiary/aromatic N) is 2. The van der Waals surface area contributed by atoms with E-state index in [4.69, 9.17) is 23.1 Å². The third kappa shape index (κ3) is 3.72. The number of nitrogens with two attached hydrogens (primary N) is 2. The number of fused-ring (bicyclic) bond motifs is 3. The van der Waals surface area contributed by atoms with E-state index in [1.54, 1.807) is 41.1 Å². The minimum atomic E-state index is -0.577. The molecule has 5 rings (SSSR count). The third-order valence-electron chi connectivity index (χ3n) is 5.74. The lowest BCUT2D eigenvalue weighted by molar-refractivity contribution is 0.0992. The minimum Gasteiger partial charge on any atom is -0.399 e. The highest BCUT2D eigenvalue weighted by Crippen LogP contribution is 2.38. The summed E-state index contributed by atoms with van der Waals surface area (Å²) in [5, 5.41) is 7.83. The Kier molecular flexibility index (Phi) is 5.11. The molecule has 3 aromatic carbocycles. The largest absolute Gasteiger partial charge is 0.399 e. The molecular weight excluding hydrogens is 438 g/mol. The fourth-order valence-electron chi connectivity index (χ4n) is 4.16. The maximum Gasteiger partial charge on any atom is 0.269 e. The summed E-state index contributed by atoms with van der Waals surface area (Å²) in [7, 11) is 0. The molecule has 1 aliphatic rings. The molecule has 0 saturated heterocycles. The van der Waals surface area contributed by atoms with E-state index in [1.165, 1.54) is 0 Å². The Labute approximate surface area is 195 Å². The third-order valence-corrected chi connectivity index (χ3v) is 6.07. The van der Waals surface area contributed by atoms with E-state index in [0.29, 0.717) is 28.4 Å². The van der Waals surface area contributed by atoms with Gasteiger partial charge in [-0.1, -0.05) is 29.8 Å². The Morgan fingerprint density at radius 2 is 1.76 bits per heavy atom. The van der Waals surface area contributed by atoms with Crippen LogP contribution in [0.15, 0.2) is 66.7 Å². The van der Waals surface area contributed by atoms with Crippen LogP contribution in [0.1, 0.15) is 32.0 Å². The Hall–Kier alpha value is -4.10. The summed E-state index contributed by atoms with van der Waals surface area (Å²) in [6.07, 6.45) is 1.37. The van der Waals surface area contributed by atoms with E-state index in [0.717, 1.165) is 34.5 Å². The van der Waals surface area contributed by atoms with Gasteiger partial charge in [-0.2, -0.15) is 5.10 Å². The van der Waals surface area contributed by atoms with Crippen LogP contribution in [0.2, 0.25) is 5.02 Å². The second kappa shape index (κ2) is 8.11. The van der Waals surface area contributed by atoms with E-state index in [-0.39, 0.29) is 11.6 Å². The van der Waals surface area contributed by atoms with Gasteiger partial charge in [0, 0.05) is 22.5 Å². The predicted octanol–water partition coefficient (Wildman–Crippen LogP) is 4.22. The van der Waals surface area contributed by atoms with Crippen LogP contribution in [0.4, 0.5) is 11.4 Å². The summed E-state index contributed by atoms with van der Waals surface area (Å²) in [5.41, 5.74) is 17.7. The molecule has 164 valence electrons. The van der Waals surface area contributed by atoms with Crippen LogP contribution in [0.3, 0.4) is 0 Å². The number of nitrogens with one attached hydrogen (secondary N) is 1. The summed E-state index contributed by atoms with van der Waals surface area (Å²) in [4.78, 5) is 24.9. The molecule has 4 aromatic rings. The molecule has 0 aliphatic heterocycles. The number of benzene rings is 3. The second-order valence-corrected chi connectivity index (χ2v) is 8.26. The standard InChI is InChI=1S/C25H20ClN5O2/c26-21-4-2-1-3-18(21)25(33)29-16-9-5-14-6-12-19-22(24(28)32)30-31(23(19)20(14)13-16)17-10-7-15(27)8-11-17/h1-5,7-11,13H,6,12,27H2,(H2,28,32)(H,29,33). The van der Waals surface area contributed by atoms with Crippen molar-refractivity contribution in [1.29, 1.82) is 0 Å². The van der Waals surface area contributed by atoms with E-state index in [2.05, 4.69) is 10.4 Å². The van der Waals surface area contributed by atoms with Crippen molar-refractivity contribution in [2.45, 2.75) is 12.8 Å². The van der Waals surface area contributed by atoms with Crippen LogP contribution in [-0.2, 0) is 12.8 Å². The summed E-state index contributed by atoms with van der Waals surface area (Å²) in [6.45, 7) is 0. The van der Waals surface area contributed by atoms with Crippen molar-refractivity contribution in [3.8, 4) is 16.9 Å². The van der Waals surface area contributed by atoms with Gasteiger partial charge in [0.05, 0.1) is 22.0 Å². The number of nitrogen functional groups attached to an aromatic ring is 1. The molecule has 8 heteroatoms. The molecule has 0 fully saturated rings. The number of aryl methyl sites for hydroxylation is 1. The lowest BCUT2D eigenvalue weighted by Crippen LogP contribution is -2.15. The number of aromatic nitrogens is 2. The van der Waals surface area contributed by atoms with Crippen LogP contribution in [-0.4, -0.2) is 21.6 Å². The number of hydrogen-bond acceptors (Lipinski definition) is 4. The fraction of sp³-hybridized carbons (Fsp3) is 0.0800. The lowest BCUT2D eigenvalue weighted by Gasteiger charge is -2.20. The smallest absolute Gasteiger partial charge is 0.269 e. The number of hydrogen-bond donors (Lipinski definition) is 3. The SMILES string of the molecule is NC(=O)c1nn(-c2ccc(N)cc2)c2c1CCc1ccc(NC(=O)c3ccccc3Cl)cc1-2. The average Bonchev–Trinajstić information content (AvgIpc) is 3.20. The van der Waals surface area contributed by atoms with Gasteiger partial charge in [-0.3, -0.25) is 9.59 Å². The maximum absolute atomic E-state index is 12.8. The summed E-state index contributed by atoms with van der Waals surface area (Å²) >= 11 is 6.17. The van der Waals surface area contributed by atoms with E-state index < -0.39 is 5.91 Å². The molecule has 5 N–H and O–H groups in total. The molecule has 0 atom stereocenters. The van der Waals surface area contributed by atoms with Gasteiger partial charge in [-0.05, 0) is 66.9 Å². The van der Waals surface area contributed by atoms with Gasteiger partial charge in [0.15, 0.2) is 5.69 Å². The predicted molar refractivity (Wildman–Crippen MR) is 129 cm³/mol. The Morgan fingerprint density at radius 3 is 2.48 bits per heavy atom. The fourth-order valence-corrected chi connectivity index (χ4v) is 4.38. The monoisotopic (exact) mass is 457 g/mol.